The Kier molecular flexibility index (Phi) is 7.23. The lowest BCUT2D eigenvalue weighted by molar-refractivity contribution is -0.137. The van der Waals surface area contributed by atoms with E-state index in [4.69, 9.17) is 9.84 Å². The molecule has 0 spiro atoms. The fraction of sp³-hybridized carbons (Fsp3) is 0.375. The monoisotopic (exact) mass is 408 g/mol. The lowest BCUT2D eigenvalue weighted by Crippen LogP contribution is -2.42. The molecule has 2 aromatic carbocycles. The van der Waals surface area contributed by atoms with Crippen molar-refractivity contribution in [3.8, 4) is 11.8 Å². The largest absolute Gasteiger partial charge is 0.481 e. The number of carboxylic acids is 1. The van der Waals surface area contributed by atoms with Crippen LogP contribution in [0.2, 0.25) is 0 Å². The number of nitriles is 1. The minimum atomic E-state index is -1.12. The summed E-state index contributed by atoms with van der Waals surface area (Å²) in [5, 5.41) is 20.9. The molecule has 0 bridgehead atoms. The Bertz CT molecular complexity index is 956. The van der Waals surface area contributed by atoms with Gasteiger partial charge in [-0.2, -0.15) is 5.26 Å². The second-order valence-corrected chi connectivity index (χ2v) is 8.16. The number of benzene rings is 2. The molecule has 2 aromatic rings. The third kappa shape index (κ3) is 5.84. The van der Waals surface area contributed by atoms with Gasteiger partial charge in [0.05, 0.1) is 18.4 Å². The first-order valence-electron chi connectivity index (χ1n) is 9.86. The molecule has 0 heterocycles. The van der Waals surface area contributed by atoms with Crippen LogP contribution in [0.4, 0.5) is 5.69 Å². The van der Waals surface area contributed by atoms with Crippen LogP contribution in [0, 0.1) is 18.3 Å². The standard InChI is InChI=1S/C24H28N2O4/c1-15(2)20-11-6-16(3)12-21(20)30-24(4,5)23(29)26-19-9-7-17(8-10-19)18(14-25)13-22(27)28/h6-12,15,18H,13H2,1-5H3,(H,26,29)(H,27,28). The number of hydrogen-bond donors (Lipinski definition) is 2. The molecule has 1 unspecified atom stereocenters. The van der Waals surface area contributed by atoms with Gasteiger partial charge in [-0.05, 0) is 61.6 Å². The molecule has 0 radical (unpaired) electrons. The zero-order chi connectivity index (χ0) is 22.5. The summed E-state index contributed by atoms with van der Waals surface area (Å²) >= 11 is 0. The Balaban J connectivity index is 2.14. The number of ether oxygens (including phenoxy) is 1. The van der Waals surface area contributed by atoms with Crippen LogP contribution >= 0.6 is 0 Å². The van der Waals surface area contributed by atoms with E-state index in [1.165, 1.54) is 0 Å². The predicted molar refractivity (Wildman–Crippen MR) is 116 cm³/mol. The Morgan fingerprint density at radius 3 is 2.33 bits per heavy atom. The normalized spacial score (nSPS) is 12.2. The van der Waals surface area contributed by atoms with Crippen molar-refractivity contribution in [1.82, 2.24) is 0 Å². The molecule has 0 aliphatic rings. The van der Waals surface area contributed by atoms with Crippen molar-refractivity contribution in [1.29, 1.82) is 5.26 Å². The number of hydrogen-bond acceptors (Lipinski definition) is 4. The SMILES string of the molecule is Cc1ccc(C(C)C)c(OC(C)(C)C(=O)Nc2ccc(C(C#N)CC(=O)O)cc2)c1. The number of aliphatic carboxylic acids is 1. The van der Waals surface area contributed by atoms with Crippen molar-refractivity contribution in [2.75, 3.05) is 5.32 Å². The molecule has 0 saturated carbocycles. The lowest BCUT2D eigenvalue weighted by atomic mass is 9.97. The number of anilines is 1. The van der Waals surface area contributed by atoms with Crippen molar-refractivity contribution in [3.63, 3.8) is 0 Å². The molecule has 0 fully saturated rings. The summed E-state index contributed by atoms with van der Waals surface area (Å²) in [4.78, 5) is 23.7. The molecule has 2 rings (SSSR count). The Morgan fingerprint density at radius 2 is 1.80 bits per heavy atom. The molecule has 158 valence electrons. The van der Waals surface area contributed by atoms with E-state index >= 15 is 0 Å². The highest BCUT2D eigenvalue weighted by Crippen LogP contribution is 2.31. The minimum absolute atomic E-state index is 0.255. The summed E-state index contributed by atoms with van der Waals surface area (Å²) in [5.74, 6) is -1.14. The first-order valence-corrected chi connectivity index (χ1v) is 9.86. The molecule has 0 aromatic heterocycles. The summed E-state index contributed by atoms with van der Waals surface area (Å²) in [7, 11) is 0. The van der Waals surface area contributed by atoms with Gasteiger partial charge < -0.3 is 15.2 Å². The molecular weight excluding hydrogens is 380 g/mol. The molecule has 0 saturated heterocycles. The third-order valence-corrected chi connectivity index (χ3v) is 4.81. The van der Waals surface area contributed by atoms with Gasteiger partial charge in [-0.15, -0.1) is 0 Å². The number of nitrogens with one attached hydrogen (secondary N) is 1. The maximum Gasteiger partial charge on any atom is 0.305 e. The van der Waals surface area contributed by atoms with Gasteiger partial charge in [0.15, 0.2) is 5.60 Å². The molecule has 1 atom stereocenters. The first-order chi connectivity index (χ1) is 14.0. The van der Waals surface area contributed by atoms with Gasteiger partial charge in [0.1, 0.15) is 5.75 Å². The van der Waals surface area contributed by atoms with Crippen LogP contribution in [0.3, 0.4) is 0 Å². The van der Waals surface area contributed by atoms with Crippen molar-refractivity contribution < 1.29 is 19.4 Å². The van der Waals surface area contributed by atoms with E-state index in [9.17, 15) is 14.9 Å². The number of carbonyl (C=O) groups is 2. The Morgan fingerprint density at radius 1 is 1.17 bits per heavy atom. The molecule has 30 heavy (non-hydrogen) atoms. The highest BCUT2D eigenvalue weighted by molar-refractivity contribution is 5.97. The van der Waals surface area contributed by atoms with E-state index in [0.29, 0.717) is 17.0 Å². The summed E-state index contributed by atoms with van der Waals surface area (Å²) in [6.07, 6.45) is -0.266. The predicted octanol–water partition coefficient (Wildman–Crippen LogP) is 5.00. The highest BCUT2D eigenvalue weighted by atomic mass is 16.5. The second-order valence-electron chi connectivity index (χ2n) is 8.16. The van der Waals surface area contributed by atoms with Crippen LogP contribution in [-0.4, -0.2) is 22.6 Å². The van der Waals surface area contributed by atoms with Crippen LogP contribution < -0.4 is 10.1 Å². The van der Waals surface area contributed by atoms with Crippen LogP contribution in [0.1, 0.15) is 62.6 Å². The van der Waals surface area contributed by atoms with Crippen molar-refractivity contribution in [2.24, 2.45) is 0 Å². The lowest BCUT2D eigenvalue weighted by Gasteiger charge is -2.27. The van der Waals surface area contributed by atoms with Gasteiger partial charge in [0.2, 0.25) is 0 Å². The summed E-state index contributed by atoms with van der Waals surface area (Å²) in [6.45, 7) is 9.55. The van der Waals surface area contributed by atoms with Gasteiger partial charge in [-0.1, -0.05) is 38.1 Å². The van der Waals surface area contributed by atoms with E-state index in [2.05, 4.69) is 19.2 Å². The fourth-order valence-corrected chi connectivity index (χ4v) is 3.02. The second kappa shape index (κ2) is 9.45. The minimum Gasteiger partial charge on any atom is -0.481 e. The van der Waals surface area contributed by atoms with Crippen LogP contribution in [-0.2, 0) is 9.59 Å². The van der Waals surface area contributed by atoms with Crippen molar-refractivity contribution >= 4 is 17.6 Å². The Hall–Kier alpha value is -3.33. The molecule has 6 heteroatoms. The zero-order valence-corrected chi connectivity index (χ0v) is 18.0. The van der Waals surface area contributed by atoms with Crippen LogP contribution in [0.25, 0.3) is 0 Å². The Labute approximate surface area is 177 Å². The van der Waals surface area contributed by atoms with Gasteiger partial charge in [0.25, 0.3) is 5.91 Å². The van der Waals surface area contributed by atoms with E-state index in [-0.39, 0.29) is 18.2 Å². The van der Waals surface area contributed by atoms with Gasteiger partial charge in [-0.25, -0.2) is 0 Å². The molecular formula is C24H28N2O4. The van der Waals surface area contributed by atoms with Gasteiger partial charge >= 0.3 is 5.97 Å². The third-order valence-electron chi connectivity index (χ3n) is 4.81. The van der Waals surface area contributed by atoms with Crippen LogP contribution in [0.5, 0.6) is 5.75 Å². The fourth-order valence-electron chi connectivity index (χ4n) is 3.02. The number of aryl methyl sites for hydroxylation is 1. The number of carbonyl (C=O) groups excluding carboxylic acids is 1. The average Bonchev–Trinajstić information content (AvgIpc) is 2.66. The topological polar surface area (TPSA) is 99.4 Å². The van der Waals surface area contributed by atoms with Crippen LogP contribution in [0.15, 0.2) is 42.5 Å². The molecule has 0 aliphatic heterocycles. The van der Waals surface area contributed by atoms with E-state index in [1.54, 1.807) is 38.1 Å². The van der Waals surface area contributed by atoms with Crippen molar-refractivity contribution in [2.45, 2.75) is 58.5 Å². The quantitative estimate of drug-likeness (QED) is 0.640. The van der Waals surface area contributed by atoms with E-state index in [1.807, 2.05) is 31.2 Å². The maximum atomic E-state index is 12.9. The summed E-state index contributed by atoms with van der Waals surface area (Å²) in [5.41, 5.74) is 2.10. The molecule has 6 nitrogen and oxygen atoms in total. The zero-order valence-electron chi connectivity index (χ0n) is 18.0. The molecule has 0 aliphatic carbocycles. The highest BCUT2D eigenvalue weighted by Gasteiger charge is 2.31. The summed E-state index contributed by atoms with van der Waals surface area (Å²) < 4.78 is 6.11. The molecule has 1 amide bonds. The maximum absolute atomic E-state index is 12.9. The first kappa shape index (κ1) is 23.0. The van der Waals surface area contributed by atoms with E-state index in [0.717, 1.165) is 11.1 Å². The number of carboxylic acid groups (broad SMARTS) is 1. The van der Waals surface area contributed by atoms with Crippen molar-refractivity contribution in [3.05, 3.63) is 59.2 Å². The summed E-state index contributed by atoms with van der Waals surface area (Å²) in [6, 6.07) is 14.6. The molecule has 2 N–H and O–H groups in total. The number of amides is 1. The average molecular weight is 408 g/mol. The smallest absolute Gasteiger partial charge is 0.305 e. The van der Waals surface area contributed by atoms with Gasteiger partial charge in [-0.3, -0.25) is 9.59 Å². The van der Waals surface area contributed by atoms with E-state index < -0.39 is 17.5 Å². The number of rotatable bonds is 8. The van der Waals surface area contributed by atoms with Gasteiger partial charge in [0, 0.05) is 5.69 Å². The number of nitrogens with zero attached hydrogens (tertiary/aromatic N) is 1.